The first-order valence-electron chi connectivity index (χ1n) is 6.34. The Bertz CT molecular complexity index is 456. The van der Waals surface area contributed by atoms with Gasteiger partial charge in [-0.3, -0.25) is 4.79 Å². The molecule has 0 aliphatic heterocycles. The molecule has 0 atom stereocenters. The van der Waals surface area contributed by atoms with Crippen LogP contribution >= 0.6 is 0 Å². The fourth-order valence-electron chi connectivity index (χ4n) is 1.60. The van der Waals surface area contributed by atoms with Crippen molar-refractivity contribution in [1.82, 2.24) is 0 Å². The summed E-state index contributed by atoms with van der Waals surface area (Å²) in [5, 5.41) is 0.130. The second-order valence-corrected chi connectivity index (χ2v) is 11.2. The predicted octanol–water partition coefficient (Wildman–Crippen LogP) is 4.50. The average Bonchev–Trinajstić information content (AvgIpc) is 2.14. The Hall–Kier alpha value is -1.09. The molecule has 0 N–H and O–H groups in total. The van der Waals surface area contributed by atoms with Crippen molar-refractivity contribution in [2.45, 2.75) is 52.8 Å². The molecule has 2 nitrogen and oxygen atoms in total. The highest BCUT2D eigenvalue weighted by Gasteiger charge is 2.39. The molecule has 3 heteroatoms. The van der Waals surface area contributed by atoms with Crippen LogP contribution in [0.3, 0.4) is 0 Å². The highest BCUT2D eigenvalue weighted by atomic mass is 28.4. The Morgan fingerprint density at radius 3 is 2.17 bits per heavy atom. The van der Waals surface area contributed by atoms with E-state index in [1.54, 1.807) is 0 Å². The number of rotatable bonds is 3. The van der Waals surface area contributed by atoms with E-state index in [0.29, 0.717) is 5.56 Å². The topological polar surface area (TPSA) is 26.3 Å². The lowest BCUT2D eigenvalue weighted by atomic mass is 10.1. The third-order valence-electron chi connectivity index (χ3n) is 3.78. The Kier molecular flexibility index (Phi) is 4.06. The van der Waals surface area contributed by atoms with Crippen LogP contribution in [0.5, 0.6) is 5.75 Å². The first-order valence-corrected chi connectivity index (χ1v) is 9.25. The molecule has 18 heavy (non-hydrogen) atoms. The van der Waals surface area contributed by atoms with Gasteiger partial charge in [-0.25, -0.2) is 0 Å². The summed E-state index contributed by atoms with van der Waals surface area (Å²) in [6.45, 7) is 15.0. The predicted molar refractivity (Wildman–Crippen MR) is 79.1 cm³/mol. The highest BCUT2D eigenvalue weighted by Crippen LogP contribution is 2.38. The number of carbonyl (C=O) groups is 1. The molecule has 100 valence electrons. The van der Waals surface area contributed by atoms with Crippen molar-refractivity contribution in [2.24, 2.45) is 0 Å². The van der Waals surface area contributed by atoms with Crippen LogP contribution in [0, 0.1) is 13.8 Å². The van der Waals surface area contributed by atoms with Gasteiger partial charge in [0, 0.05) is 0 Å². The molecule has 1 rings (SSSR count). The third-order valence-corrected chi connectivity index (χ3v) is 8.12. The SMILES string of the molecule is Cc1cc(C)c(C=O)c(O[Si](C)(C)C(C)(C)C)c1. The maximum atomic E-state index is 11.2. The Balaban J connectivity index is 3.23. The lowest BCUT2D eigenvalue weighted by molar-refractivity contribution is 0.112. The summed E-state index contributed by atoms with van der Waals surface area (Å²) in [6, 6.07) is 3.99. The van der Waals surface area contributed by atoms with E-state index in [4.69, 9.17) is 4.43 Å². The van der Waals surface area contributed by atoms with E-state index in [-0.39, 0.29) is 5.04 Å². The Morgan fingerprint density at radius 1 is 1.17 bits per heavy atom. The van der Waals surface area contributed by atoms with Gasteiger partial charge in [-0.05, 0) is 49.2 Å². The number of carbonyl (C=O) groups excluding carboxylic acids is 1. The van der Waals surface area contributed by atoms with Gasteiger partial charge in [-0.2, -0.15) is 0 Å². The van der Waals surface area contributed by atoms with Crippen molar-refractivity contribution >= 4 is 14.6 Å². The van der Waals surface area contributed by atoms with Crippen LogP contribution < -0.4 is 4.43 Å². The highest BCUT2D eigenvalue weighted by molar-refractivity contribution is 6.74. The molecule has 0 saturated heterocycles. The van der Waals surface area contributed by atoms with E-state index in [0.717, 1.165) is 23.2 Å². The minimum atomic E-state index is -1.90. The average molecular weight is 264 g/mol. The van der Waals surface area contributed by atoms with E-state index in [2.05, 4.69) is 33.9 Å². The first-order chi connectivity index (χ1) is 8.08. The van der Waals surface area contributed by atoms with E-state index >= 15 is 0 Å². The first kappa shape index (κ1) is 15.0. The summed E-state index contributed by atoms with van der Waals surface area (Å²) in [7, 11) is -1.90. The van der Waals surface area contributed by atoms with Crippen LogP contribution in [0.1, 0.15) is 42.3 Å². The van der Waals surface area contributed by atoms with Gasteiger partial charge in [0.25, 0.3) is 8.32 Å². The molecule has 0 amide bonds. The van der Waals surface area contributed by atoms with E-state index < -0.39 is 8.32 Å². The third kappa shape index (κ3) is 3.02. The summed E-state index contributed by atoms with van der Waals surface area (Å²) in [5.41, 5.74) is 2.80. The molecule has 0 fully saturated rings. The van der Waals surface area contributed by atoms with Crippen molar-refractivity contribution in [2.75, 3.05) is 0 Å². The van der Waals surface area contributed by atoms with Crippen LogP contribution in [0.15, 0.2) is 12.1 Å². The van der Waals surface area contributed by atoms with Crippen molar-refractivity contribution in [3.63, 3.8) is 0 Å². The second kappa shape index (κ2) is 4.88. The van der Waals surface area contributed by atoms with Crippen LogP contribution in [-0.4, -0.2) is 14.6 Å². The molecule has 1 aromatic carbocycles. The van der Waals surface area contributed by atoms with E-state index in [1.165, 1.54) is 0 Å². The normalized spacial score (nSPS) is 12.4. The molecular formula is C15H24O2Si. The molecule has 0 unspecified atom stereocenters. The van der Waals surface area contributed by atoms with Crippen molar-refractivity contribution in [3.05, 3.63) is 28.8 Å². The number of benzene rings is 1. The molecule has 0 spiro atoms. The van der Waals surface area contributed by atoms with Crippen molar-refractivity contribution in [1.29, 1.82) is 0 Å². The van der Waals surface area contributed by atoms with Gasteiger partial charge >= 0.3 is 0 Å². The number of hydrogen-bond acceptors (Lipinski definition) is 2. The van der Waals surface area contributed by atoms with Gasteiger partial charge in [0.05, 0.1) is 5.56 Å². The fraction of sp³-hybridized carbons (Fsp3) is 0.533. The number of aldehydes is 1. The zero-order chi connectivity index (χ0) is 14.1. The molecule has 0 aliphatic carbocycles. The van der Waals surface area contributed by atoms with E-state index in [1.807, 2.05) is 26.0 Å². The van der Waals surface area contributed by atoms with Crippen LogP contribution in [-0.2, 0) is 0 Å². The van der Waals surface area contributed by atoms with Gasteiger partial charge in [-0.15, -0.1) is 0 Å². The monoisotopic (exact) mass is 264 g/mol. The molecule has 0 aliphatic rings. The minimum Gasteiger partial charge on any atom is -0.543 e. The smallest absolute Gasteiger partial charge is 0.250 e. The van der Waals surface area contributed by atoms with Crippen LogP contribution in [0.4, 0.5) is 0 Å². The molecule has 0 aromatic heterocycles. The molecule has 0 bridgehead atoms. The lowest BCUT2D eigenvalue weighted by Crippen LogP contribution is -2.44. The fourth-order valence-corrected chi connectivity index (χ4v) is 2.63. The lowest BCUT2D eigenvalue weighted by Gasteiger charge is -2.37. The van der Waals surface area contributed by atoms with Gasteiger partial charge in [0.15, 0.2) is 6.29 Å². The molecule has 0 saturated carbocycles. The zero-order valence-corrected chi connectivity index (χ0v) is 13.5. The summed E-state index contributed by atoms with van der Waals surface area (Å²) < 4.78 is 6.26. The second-order valence-electron chi connectivity index (χ2n) is 6.47. The standard InChI is InChI=1S/C15H24O2Si/c1-11-8-12(2)13(10-16)14(9-11)17-18(6,7)15(3,4)5/h8-10H,1-7H3. The van der Waals surface area contributed by atoms with Gasteiger partial charge in [0.1, 0.15) is 5.75 Å². The van der Waals surface area contributed by atoms with E-state index in [9.17, 15) is 4.79 Å². The zero-order valence-electron chi connectivity index (χ0n) is 12.5. The van der Waals surface area contributed by atoms with Crippen molar-refractivity contribution in [3.8, 4) is 5.75 Å². The van der Waals surface area contributed by atoms with Gasteiger partial charge in [0.2, 0.25) is 0 Å². The summed E-state index contributed by atoms with van der Waals surface area (Å²) in [4.78, 5) is 11.2. The molecular weight excluding hydrogens is 240 g/mol. The maximum Gasteiger partial charge on any atom is 0.250 e. The number of hydrogen-bond donors (Lipinski definition) is 0. The summed E-state index contributed by atoms with van der Waals surface area (Å²) in [6.07, 6.45) is 0.900. The minimum absolute atomic E-state index is 0.130. The molecule has 0 heterocycles. The summed E-state index contributed by atoms with van der Waals surface area (Å²) in [5.74, 6) is 0.745. The molecule has 0 radical (unpaired) electrons. The number of aryl methyl sites for hydroxylation is 2. The Labute approximate surface area is 111 Å². The largest absolute Gasteiger partial charge is 0.543 e. The quantitative estimate of drug-likeness (QED) is 0.593. The van der Waals surface area contributed by atoms with Gasteiger partial charge in [-0.1, -0.05) is 26.8 Å². The van der Waals surface area contributed by atoms with Crippen LogP contribution in [0.2, 0.25) is 18.1 Å². The maximum absolute atomic E-state index is 11.2. The van der Waals surface area contributed by atoms with Crippen molar-refractivity contribution < 1.29 is 9.22 Å². The molecule has 1 aromatic rings. The Morgan fingerprint density at radius 2 is 1.72 bits per heavy atom. The van der Waals surface area contributed by atoms with Crippen LogP contribution in [0.25, 0.3) is 0 Å². The summed E-state index contributed by atoms with van der Waals surface area (Å²) >= 11 is 0. The van der Waals surface area contributed by atoms with Gasteiger partial charge < -0.3 is 4.43 Å².